The quantitative estimate of drug-likeness (QED) is 0.739. The Labute approximate surface area is 194 Å². The summed E-state index contributed by atoms with van der Waals surface area (Å²) in [5.74, 6) is 1.20. The lowest BCUT2D eigenvalue weighted by molar-refractivity contribution is -0.119. The van der Waals surface area contributed by atoms with Crippen molar-refractivity contribution in [2.24, 2.45) is 10.9 Å². The third-order valence-electron chi connectivity index (χ3n) is 7.03. The topological polar surface area (TPSA) is 77.0 Å². The highest BCUT2D eigenvalue weighted by Crippen LogP contribution is 2.28. The van der Waals surface area contributed by atoms with E-state index in [0.717, 1.165) is 68.0 Å². The monoisotopic (exact) mass is 445 g/mol. The molecule has 0 saturated carbocycles. The van der Waals surface area contributed by atoms with E-state index >= 15 is 0 Å². The van der Waals surface area contributed by atoms with Gasteiger partial charge in [0.1, 0.15) is 5.84 Å². The number of anilines is 2. The summed E-state index contributed by atoms with van der Waals surface area (Å²) in [5, 5.41) is 5.70. The van der Waals surface area contributed by atoms with E-state index in [9.17, 15) is 9.59 Å². The zero-order valence-corrected chi connectivity index (χ0v) is 19.3. The van der Waals surface area contributed by atoms with Crippen LogP contribution in [-0.4, -0.2) is 49.0 Å². The maximum absolute atomic E-state index is 13.3. The number of aliphatic imine (C=N–C) groups is 1. The van der Waals surface area contributed by atoms with Crippen LogP contribution >= 0.6 is 0 Å². The summed E-state index contributed by atoms with van der Waals surface area (Å²) in [4.78, 5) is 34.8. The van der Waals surface area contributed by atoms with Crippen LogP contribution in [0.3, 0.4) is 0 Å². The number of hydrogen-bond donors (Lipinski definition) is 2. The number of carbonyl (C=O) groups excluding carboxylic acids is 2. The molecule has 2 aromatic carbocycles. The van der Waals surface area contributed by atoms with Crippen LogP contribution in [0, 0.1) is 5.92 Å². The number of fused-ring (bicyclic) bond motifs is 2. The summed E-state index contributed by atoms with van der Waals surface area (Å²) in [5.41, 5.74) is 5.10. The first-order chi connectivity index (χ1) is 16.0. The second kappa shape index (κ2) is 8.89. The summed E-state index contributed by atoms with van der Waals surface area (Å²) in [6, 6.07) is 13.4. The number of amidine groups is 1. The van der Waals surface area contributed by atoms with Gasteiger partial charge in [0.2, 0.25) is 6.17 Å². The molecule has 5 rings (SSSR count). The molecule has 0 bridgehead atoms. The number of aryl methyl sites for hydroxylation is 2. The zero-order chi connectivity index (χ0) is 22.9. The van der Waals surface area contributed by atoms with Gasteiger partial charge in [-0.15, -0.1) is 0 Å². The smallest absolute Gasteiger partial charge is 0.321 e. The number of hydrogen-bond acceptors (Lipinski definition) is 4. The highest BCUT2D eigenvalue weighted by Gasteiger charge is 2.33. The number of carbonyl (C=O) groups is 2. The summed E-state index contributed by atoms with van der Waals surface area (Å²) in [6.45, 7) is 4.05. The molecule has 2 aromatic rings. The number of benzene rings is 2. The van der Waals surface area contributed by atoms with Gasteiger partial charge in [0.15, 0.2) is 0 Å². The fourth-order valence-corrected chi connectivity index (χ4v) is 5.01. The van der Waals surface area contributed by atoms with Crippen molar-refractivity contribution in [1.29, 1.82) is 0 Å². The van der Waals surface area contributed by atoms with Crippen LogP contribution in [0.4, 0.5) is 16.2 Å². The Hall–Kier alpha value is -3.35. The first-order valence-corrected chi connectivity index (χ1v) is 11.9. The molecular weight excluding hydrogens is 414 g/mol. The van der Waals surface area contributed by atoms with Crippen LogP contribution in [0.15, 0.2) is 47.5 Å². The minimum absolute atomic E-state index is 0.257. The molecule has 172 valence electrons. The Morgan fingerprint density at radius 1 is 1.06 bits per heavy atom. The number of nitrogens with zero attached hydrogens (tertiary/aromatic N) is 3. The van der Waals surface area contributed by atoms with Gasteiger partial charge in [0.05, 0.1) is 5.69 Å². The van der Waals surface area contributed by atoms with E-state index in [1.807, 2.05) is 36.4 Å². The lowest BCUT2D eigenvalue weighted by atomic mass is 9.98. The van der Waals surface area contributed by atoms with Gasteiger partial charge in [-0.3, -0.25) is 4.79 Å². The van der Waals surface area contributed by atoms with Crippen LogP contribution in [0.25, 0.3) is 0 Å². The molecule has 0 spiro atoms. The van der Waals surface area contributed by atoms with E-state index < -0.39 is 12.2 Å². The number of nitrogens with one attached hydrogen (secondary N) is 2. The molecule has 7 nitrogen and oxygen atoms in total. The van der Waals surface area contributed by atoms with Crippen molar-refractivity contribution in [2.45, 2.75) is 45.2 Å². The highest BCUT2D eigenvalue weighted by atomic mass is 16.2. The van der Waals surface area contributed by atoms with Crippen molar-refractivity contribution in [3.05, 3.63) is 59.2 Å². The van der Waals surface area contributed by atoms with Gasteiger partial charge in [-0.2, -0.15) is 0 Å². The lowest BCUT2D eigenvalue weighted by Crippen LogP contribution is -2.48. The molecule has 0 unspecified atom stereocenters. The summed E-state index contributed by atoms with van der Waals surface area (Å²) < 4.78 is 0. The third-order valence-corrected chi connectivity index (χ3v) is 7.03. The maximum atomic E-state index is 13.3. The van der Waals surface area contributed by atoms with Gasteiger partial charge in [-0.1, -0.05) is 25.1 Å². The number of likely N-dealkylation sites (tertiary alicyclic amines) is 1. The SMILES string of the molecule is CC1CCN(C2=N[C@@H](NC(=O)Nc3ccc4c(c3)CCC4)C(=O)N(C)c3ccccc32)CC1. The van der Waals surface area contributed by atoms with Crippen LogP contribution in [0.2, 0.25) is 0 Å². The van der Waals surface area contributed by atoms with Crippen LogP contribution in [-0.2, 0) is 17.6 Å². The van der Waals surface area contributed by atoms with E-state index in [0.29, 0.717) is 5.92 Å². The average molecular weight is 446 g/mol. The number of urea groups is 1. The fraction of sp³-hybridized carbons (Fsp3) is 0.423. The van der Waals surface area contributed by atoms with Crippen LogP contribution < -0.4 is 15.5 Å². The van der Waals surface area contributed by atoms with Gasteiger partial charge >= 0.3 is 6.03 Å². The Morgan fingerprint density at radius 2 is 1.82 bits per heavy atom. The van der Waals surface area contributed by atoms with Crippen molar-refractivity contribution >= 4 is 29.1 Å². The van der Waals surface area contributed by atoms with Gasteiger partial charge < -0.3 is 20.4 Å². The summed E-state index contributed by atoms with van der Waals surface area (Å²) in [6.07, 6.45) is 4.47. The Balaban J connectivity index is 1.40. The molecule has 3 aliphatic rings. The van der Waals surface area contributed by atoms with Crippen molar-refractivity contribution < 1.29 is 9.59 Å². The number of benzodiazepines with no additional fused rings is 1. The van der Waals surface area contributed by atoms with Gasteiger partial charge in [-0.05, 0) is 73.4 Å². The maximum Gasteiger partial charge on any atom is 0.321 e. The number of piperidine rings is 1. The van der Waals surface area contributed by atoms with E-state index in [-0.39, 0.29) is 5.91 Å². The first-order valence-electron chi connectivity index (χ1n) is 11.9. The molecule has 1 atom stereocenters. The molecule has 3 amide bonds. The highest BCUT2D eigenvalue weighted by molar-refractivity contribution is 6.12. The molecule has 2 N–H and O–H groups in total. The first kappa shape index (κ1) is 21.5. The average Bonchev–Trinajstić information content (AvgIpc) is 3.26. The van der Waals surface area contributed by atoms with Gasteiger partial charge in [-0.25, -0.2) is 9.79 Å². The predicted octanol–water partition coefficient (Wildman–Crippen LogP) is 3.78. The molecule has 1 saturated heterocycles. The Kier molecular flexibility index (Phi) is 5.79. The molecule has 1 aliphatic carbocycles. The Bertz CT molecular complexity index is 1100. The largest absolute Gasteiger partial charge is 0.356 e. The standard InChI is InChI=1S/C26H31N5O2/c1-17-12-14-31(15-13-17)24-21-8-3-4-9-22(21)30(2)25(32)23(28-24)29-26(33)27-20-11-10-18-6-5-7-19(18)16-20/h3-4,8-11,16-17,23H,5-7,12-15H2,1-2H3,(H2,27,29,33)/t23-/m0/s1. The molecule has 2 aliphatic heterocycles. The van der Waals surface area contributed by atoms with Gasteiger partial charge in [0, 0.05) is 31.4 Å². The molecule has 0 radical (unpaired) electrons. The fourth-order valence-electron chi connectivity index (χ4n) is 5.01. The van der Waals surface area contributed by atoms with Crippen molar-refractivity contribution in [2.75, 3.05) is 30.4 Å². The van der Waals surface area contributed by atoms with Crippen molar-refractivity contribution in [3.63, 3.8) is 0 Å². The third kappa shape index (κ3) is 4.32. The van der Waals surface area contributed by atoms with E-state index in [1.165, 1.54) is 11.1 Å². The minimum atomic E-state index is -0.994. The van der Waals surface area contributed by atoms with E-state index in [2.05, 4.69) is 28.5 Å². The van der Waals surface area contributed by atoms with Gasteiger partial charge in [0.25, 0.3) is 5.91 Å². The number of amides is 3. The second-order valence-corrected chi connectivity index (χ2v) is 9.37. The Morgan fingerprint density at radius 3 is 2.64 bits per heavy atom. The normalized spacial score (nSPS) is 20.6. The molecular formula is C26H31N5O2. The summed E-state index contributed by atoms with van der Waals surface area (Å²) >= 11 is 0. The molecule has 33 heavy (non-hydrogen) atoms. The van der Waals surface area contributed by atoms with Crippen LogP contribution in [0.5, 0.6) is 0 Å². The van der Waals surface area contributed by atoms with Crippen LogP contribution in [0.1, 0.15) is 42.9 Å². The zero-order valence-electron chi connectivity index (χ0n) is 19.3. The van der Waals surface area contributed by atoms with E-state index in [1.54, 1.807) is 11.9 Å². The number of para-hydroxylation sites is 1. The molecule has 0 aromatic heterocycles. The second-order valence-electron chi connectivity index (χ2n) is 9.37. The molecule has 7 heteroatoms. The molecule has 1 fully saturated rings. The van der Waals surface area contributed by atoms with Crippen molar-refractivity contribution in [1.82, 2.24) is 10.2 Å². The predicted molar refractivity (Wildman–Crippen MR) is 131 cm³/mol. The number of rotatable bonds is 2. The van der Waals surface area contributed by atoms with E-state index in [4.69, 9.17) is 4.99 Å². The number of likely N-dealkylation sites (N-methyl/N-ethyl adjacent to an activating group) is 1. The molecule has 2 heterocycles. The minimum Gasteiger partial charge on any atom is -0.356 e. The van der Waals surface area contributed by atoms with Crippen molar-refractivity contribution in [3.8, 4) is 0 Å². The summed E-state index contributed by atoms with van der Waals surface area (Å²) in [7, 11) is 1.74. The lowest BCUT2D eigenvalue weighted by Gasteiger charge is -2.33.